The predicted molar refractivity (Wildman–Crippen MR) is 72.7 cm³/mol. The Labute approximate surface area is 101 Å². The van der Waals surface area contributed by atoms with Gasteiger partial charge in [-0.25, -0.2) is 0 Å². The van der Waals surface area contributed by atoms with Gasteiger partial charge in [0.1, 0.15) is 0 Å². The highest BCUT2D eigenvalue weighted by atomic mass is 15.0. The summed E-state index contributed by atoms with van der Waals surface area (Å²) in [5.74, 6) is 0. The summed E-state index contributed by atoms with van der Waals surface area (Å²) in [5.41, 5.74) is 3.89. The van der Waals surface area contributed by atoms with E-state index in [9.17, 15) is 0 Å². The van der Waals surface area contributed by atoms with Crippen molar-refractivity contribution >= 4 is 10.9 Å². The number of aromatic nitrogens is 1. The first-order valence-corrected chi connectivity index (χ1v) is 6.04. The van der Waals surface area contributed by atoms with E-state index in [1.807, 2.05) is 6.07 Å². The Morgan fingerprint density at radius 1 is 0.941 bits per heavy atom. The van der Waals surface area contributed by atoms with Gasteiger partial charge in [-0.05, 0) is 41.6 Å². The second-order valence-electron chi connectivity index (χ2n) is 4.27. The van der Waals surface area contributed by atoms with Crippen LogP contribution in [-0.4, -0.2) is 4.57 Å². The standard InChI is InChI=1S/C16H15N/c1-2-13-8-9-14-10-11-17(16(14)12-13)15-6-4-3-5-7-15/h3-12H,2H2,1H3. The molecule has 1 heteroatoms. The Hall–Kier alpha value is -2.02. The molecule has 0 fully saturated rings. The van der Waals surface area contributed by atoms with Crippen LogP contribution in [0.4, 0.5) is 0 Å². The molecular formula is C16H15N. The molecule has 0 bridgehead atoms. The van der Waals surface area contributed by atoms with Crippen LogP contribution in [0.2, 0.25) is 0 Å². The molecule has 3 rings (SSSR count). The molecule has 0 aliphatic heterocycles. The zero-order valence-electron chi connectivity index (χ0n) is 9.93. The zero-order valence-corrected chi connectivity index (χ0v) is 9.93. The molecule has 84 valence electrons. The molecule has 3 aromatic rings. The average molecular weight is 221 g/mol. The fourth-order valence-corrected chi connectivity index (χ4v) is 2.21. The molecule has 1 aromatic heterocycles. The number of para-hydroxylation sites is 1. The molecule has 0 unspecified atom stereocenters. The van der Waals surface area contributed by atoms with E-state index in [0.717, 1.165) is 6.42 Å². The van der Waals surface area contributed by atoms with Gasteiger partial charge in [0.25, 0.3) is 0 Å². The van der Waals surface area contributed by atoms with Gasteiger partial charge in [0, 0.05) is 11.9 Å². The lowest BCUT2D eigenvalue weighted by molar-refractivity contribution is 1.11. The molecule has 0 spiro atoms. The molecular weight excluding hydrogens is 206 g/mol. The first-order chi connectivity index (χ1) is 8.38. The van der Waals surface area contributed by atoms with Crippen LogP contribution >= 0.6 is 0 Å². The summed E-state index contributed by atoms with van der Waals surface area (Å²) in [6.07, 6.45) is 3.22. The summed E-state index contributed by atoms with van der Waals surface area (Å²) in [4.78, 5) is 0. The van der Waals surface area contributed by atoms with Crippen molar-refractivity contribution in [3.05, 3.63) is 66.4 Å². The van der Waals surface area contributed by atoms with Crippen molar-refractivity contribution in [2.75, 3.05) is 0 Å². The van der Waals surface area contributed by atoms with Crippen LogP contribution in [0.15, 0.2) is 60.8 Å². The number of hydrogen-bond acceptors (Lipinski definition) is 0. The Balaban J connectivity index is 2.23. The fourth-order valence-electron chi connectivity index (χ4n) is 2.21. The van der Waals surface area contributed by atoms with Crippen molar-refractivity contribution in [2.24, 2.45) is 0 Å². The predicted octanol–water partition coefficient (Wildman–Crippen LogP) is 4.19. The Morgan fingerprint density at radius 3 is 2.53 bits per heavy atom. The van der Waals surface area contributed by atoms with Crippen molar-refractivity contribution < 1.29 is 0 Å². The van der Waals surface area contributed by atoms with E-state index in [2.05, 4.69) is 66.2 Å². The summed E-state index contributed by atoms with van der Waals surface area (Å²) in [6, 6.07) is 19.3. The minimum absolute atomic E-state index is 1.08. The van der Waals surface area contributed by atoms with Gasteiger partial charge in [-0.15, -0.1) is 0 Å². The summed E-state index contributed by atoms with van der Waals surface area (Å²) >= 11 is 0. The summed E-state index contributed by atoms with van der Waals surface area (Å²) in [6.45, 7) is 2.19. The van der Waals surface area contributed by atoms with E-state index >= 15 is 0 Å². The van der Waals surface area contributed by atoms with Gasteiger partial charge < -0.3 is 4.57 Å². The first-order valence-electron chi connectivity index (χ1n) is 6.04. The molecule has 0 N–H and O–H groups in total. The molecule has 0 atom stereocenters. The van der Waals surface area contributed by atoms with Gasteiger partial charge >= 0.3 is 0 Å². The lowest BCUT2D eigenvalue weighted by Gasteiger charge is -2.06. The van der Waals surface area contributed by atoms with Crippen LogP contribution in [0.3, 0.4) is 0 Å². The van der Waals surface area contributed by atoms with Crippen molar-refractivity contribution in [1.29, 1.82) is 0 Å². The van der Waals surface area contributed by atoms with E-state index in [0.29, 0.717) is 0 Å². The SMILES string of the molecule is CCc1ccc2ccn(-c3ccccc3)c2c1. The molecule has 0 amide bonds. The number of benzene rings is 2. The number of rotatable bonds is 2. The fraction of sp³-hybridized carbons (Fsp3) is 0.125. The van der Waals surface area contributed by atoms with Crippen molar-refractivity contribution in [3.8, 4) is 5.69 Å². The molecule has 0 saturated carbocycles. The number of nitrogens with zero attached hydrogens (tertiary/aromatic N) is 1. The molecule has 1 nitrogen and oxygen atoms in total. The van der Waals surface area contributed by atoms with Crippen LogP contribution in [0.5, 0.6) is 0 Å². The van der Waals surface area contributed by atoms with Gasteiger partial charge in [0.2, 0.25) is 0 Å². The maximum absolute atomic E-state index is 2.28. The van der Waals surface area contributed by atoms with Crippen LogP contribution in [0.25, 0.3) is 16.6 Å². The first kappa shape index (κ1) is 10.2. The average Bonchev–Trinajstić information content (AvgIpc) is 2.82. The largest absolute Gasteiger partial charge is 0.317 e. The van der Waals surface area contributed by atoms with Gasteiger partial charge in [-0.2, -0.15) is 0 Å². The maximum atomic E-state index is 2.28. The van der Waals surface area contributed by atoms with E-state index in [-0.39, 0.29) is 0 Å². The highest BCUT2D eigenvalue weighted by Gasteiger charge is 2.03. The lowest BCUT2D eigenvalue weighted by atomic mass is 10.1. The highest BCUT2D eigenvalue weighted by molar-refractivity contribution is 5.82. The van der Waals surface area contributed by atoms with Gasteiger partial charge in [0.05, 0.1) is 5.52 Å². The molecule has 17 heavy (non-hydrogen) atoms. The Morgan fingerprint density at radius 2 is 1.76 bits per heavy atom. The molecule has 0 aliphatic carbocycles. The van der Waals surface area contributed by atoms with E-state index in [1.165, 1.54) is 22.2 Å². The van der Waals surface area contributed by atoms with Crippen LogP contribution in [-0.2, 0) is 6.42 Å². The normalized spacial score (nSPS) is 10.9. The van der Waals surface area contributed by atoms with Crippen LogP contribution in [0.1, 0.15) is 12.5 Å². The minimum Gasteiger partial charge on any atom is -0.317 e. The topological polar surface area (TPSA) is 4.93 Å². The monoisotopic (exact) mass is 221 g/mol. The second kappa shape index (κ2) is 4.10. The third-order valence-corrected chi connectivity index (χ3v) is 3.20. The third-order valence-electron chi connectivity index (χ3n) is 3.20. The number of fused-ring (bicyclic) bond motifs is 1. The van der Waals surface area contributed by atoms with Crippen molar-refractivity contribution in [3.63, 3.8) is 0 Å². The van der Waals surface area contributed by atoms with Crippen molar-refractivity contribution in [1.82, 2.24) is 4.57 Å². The lowest BCUT2D eigenvalue weighted by Crippen LogP contribution is -1.91. The van der Waals surface area contributed by atoms with Gasteiger partial charge in [0.15, 0.2) is 0 Å². The molecule has 1 heterocycles. The van der Waals surface area contributed by atoms with Crippen LogP contribution in [0, 0.1) is 0 Å². The van der Waals surface area contributed by atoms with Crippen LogP contribution < -0.4 is 0 Å². The Kier molecular flexibility index (Phi) is 2.45. The molecule has 0 aliphatic rings. The van der Waals surface area contributed by atoms with Crippen molar-refractivity contribution in [2.45, 2.75) is 13.3 Å². The van der Waals surface area contributed by atoms with E-state index < -0.39 is 0 Å². The second-order valence-corrected chi connectivity index (χ2v) is 4.27. The summed E-state index contributed by atoms with van der Waals surface area (Å²) < 4.78 is 2.24. The molecule has 0 radical (unpaired) electrons. The third kappa shape index (κ3) is 1.74. The van der Waals surface area contributed by atoms with E-state index in [1.54, 1.807) is 0 Å². The smallest absolute Gasteiger partial charge is 0.0531 e. The summed E-state index contributed by atoms with van der Waals surface area (Å²) in [5, 5.41) is 1.30. The van der Waals surface area contributed by atoms with E-state index in [4.69, 9.17) is 0 Å². The maximum Gasteiger partial charge on any atom is 0.0531 e. The summed E-state index contributed by atoms with van der Waals surface area (Å²) in [7, 11) is 0. The zero-order chi connectivity index (χ0) is 11.7. The number of aryl methyl sites for hydroxylation is 1. The molecule has 0 saturated heterocycles. The number of hydrogen-bond donors (Lipinski definition) is 0. The van der Waals surface area contributed by atoms with Gasteiger partial charge in [-0.1, -0.05) is 37.3 Å². The Bertz CT molecular complexity index is 635. The minimum atomic E-state index is 1.08. The highest BCUT2D eigenvalue weighted by Crippen LogP contribution is 2.21. The molecule has 2 aromatic carbocycles. The van der Waals surface area contributed by atoms with Gasteiger partial charge in [-0.3, -0.25) is 0 Å². The quantitative estimate of drug-likeness (QED) is 0.611.